The molecule has 7 heteroatoms. The average Bonchev–Trinajstić information content (AvgIpc) is 2.36. The molecule has 1 aromatic heterocycles. The Morgan fingerprint density at radius 1 is 1.45 bits per heavy atom. The molecule has 1 atom stereocenters. The summed E-state index contributed by atoms with van der Waals surface area (Å²) in [7, 11) is 0. The lowest BCUT2D eigenvalue weighted by molar-refractivity contribution is -0.0164. The van der Waals surface area contributed by atoms with Crippen molar-refractivity contribution in [3.05, 3.63) is 17.0 Å². The molecule has 1 unspecified atom stereocenters. The van der Waals surface area contributed by atoms with Crippen molar-refractivity contribution in [3.63, 3.8) is 0 Å². The topological polar surface area (TPSA) is 70.5 Å². The molecule has 0 aliphatic carbocycles. The maximum atomic E-state index is 10.4. The van der Waals surface area contributed by atoms with Gasteiger partial charge in [0.1, 0.15) is 16.8 Å². The van der Waals surface area contributed by atoms with Gasteiger partial charge < -0.3 is 15.2 Å². The molecule has 0 amide bonds. The second-order valence-corrected chi connectivity index (χ2v) is 5.75. The third kappa shape index (κ3) is 4.86. The molecule has 1 aliphatic heterocycles. The van der Waals surface area contributed by atoms with Crippen LogP contribution >= 0.6 is 11.6 Å². The molecular formula is C13H21ClN4O2. The van der Waals surface area contributed by atoms with E-state index in [0.29, 0.717) is 29.9 Å². The lowest BCUT2D eigenvalue weighted by Crippen LogP contribution is -2.49. The van der Waals surface area contributed by atoms with Gasteiger partial charge in [-0.05, 0) is 13.8 Å². The number of hydrogen-bond acceptors (Lipinski definition) is 6. The smallest absolute Gasteiger partial charge is 0.134 e. The van der Waals surface area contributed by atoms with E-state index in [9.17, 15) is 5.11 Å². The van der Waals surface area contributed by atoms with Crippen LogP contribution in [0.5, 0.6) is 0 Å². The van der Waals surface area contributed by atoms with Crippen molar-refractivity contribution >= 4 is 17.4 Å². The van der Waals surface area contributed by atoms with Crippen molar-refractivity contribution in [1.82, 2.24) is 14.9 Å². The van der Waals surface area contributed by atoms with Crippen molar-refractivity contribution in [2.75, 3.05) is 44.7 Å². The number of halogens is 1. The molecule has 0 radical (unpaired) electrons. The fraction of sp³-hybridized carbons (Fsp3) is 0.692. The molecule has 2 rings (SSSR count). The first-order valence-electron chi connectivity index (χ1n) is 6.72. The highest BCUT2D eigenvalue weighted by Crippen LogP contribution is 2.14. The molecule has 112 valence electrons. The van der Waals surface area contributed by atoms with Crippen LogP contribution in [0.25, 0.3) is 0 Å². The Kier molecular flexibility index (Phi) is 5.15. The van der Waals surface area contributed by atoms with Gasteiger partial charge in [0, 0.05) is 32.2 Å². The summed E-state index contributed by atoms with van der Waals surface area (Å²) in [6.45, 7) is 7.75. The van der Waals surface area contributed by atoms with Crippen molar-refractivity contribution in [3.8, 4) is 0 Å². The standard InChI is InChI=1S/C13H21ClN4O2/c1-10-16-11(14)7-12(17-10)15-8-13(2,19)9-18-3-5-20-6-4-18/h7,19H,3-6,8-9H2,1-2H3,(H,15,16,17). The van der Waals surface area contributed by atoms with Crippen LogP contribution in [0.1, 0.15) is 12.7 Å². The summed E-state index contributed by atoms with van der Waals surface area (Å²) in [5.74, 6) is 1.23. The summed E-state index contributed by atoms with van der Waals surface area (Å²) < 4.78 is 5.30. The maximum absolute atomic E-state index is 10.4. The SMILES string of the molecule is Cc1nc(Cl)cc(NCC(C)(O)CN2CCOCC2)n1. The normalized spacial score (nSPS) is 19.6. The predicted octanol–water partition coefficient (Wildman–Crippen LogP) is 0.934. The van der Waals surface area contributed by atoms with Gasteiger partial charge in [-0.2, -0.15) is 0 Å². The summed E-state index contributed by atoms with van der Waals surface area (Å²) in [6, 6.07) is 1.65. The van der Waals surface area contributed by atoms with Gasteiger partial charge in [0.15, 0.2) is 0 Å². The first-order valence-corrected chi connectivity index (χ1v) is 7.10. The van der Waals surface area contributed by atoms with Gasteiger partial charge in [0.2, 0.25) is 0 Å². The molecule has 0 bridgehead atoms. The molecule has 0 aromatic carbocycles. The Bertz CT molecular complexity index is 430. The number of aryl methyl sites for hydroxylation is 1. The molecule has 20 heavy (non-hydrogen) atoms. The predicted molar refractivity (Wildman–Crippen MR) is 78.2 cm³/mol. The number of nitrogens with one attached hydrogen (secondary N) is 1. The van der Waals surface area contributed by atoms with Gasteiger partial charge in [-0.25, -0.2) is 9.97 Å². The van der Waals surface area contributed by atoms with E-state index in [4.69, 9.17) is 16.3 Å². The minimum atomic E-state index is -0.845. The number of aromatic nitrogens is 2. The van der Waals surface area contributed by atoms with E-state index in [1.54, 1.807) is 13.0 Å². The summed E-state index contributed by atoms with van der Waals surface area (Å²) in [5, 5.41) is 14.0. The lowest BCUT2D eigenvalue weighted by Gasteiger charge is -2.34. The quantitative estimate of drug-likeness (QED) is 0.789. The van der Waals surface area contributed by atoms with Gasteiger partial charge in [0.05, 0.1) is 18.8 Å². The molecule has 1 fully saturated rings. The molecule has 2 heterocycles. The summed E-state index contributed by atoms with van der Waals surface area (Å²) in [6.07, 6.45) is 0. The summed E-state index contributed by atoms with van der Waals surface area (Å²) in [4.78, 5) is 10.4. The number of hydrogen-bond donors (Lipinski definition) is 2. The van der Waals surface area contributed by atoms with Gasteiger partial charge in [-0.15, -0.1) is 0 Å². The van der Waals surface area contributed by atoms with E-state index >= 15 is 0 Å². The molecular weight excluding hydrogens is 280 g/mol. The van der Waals surface area contributed by atoms with E-state index in [-0.39, 0.29) is 0 Å². The highest BCUT2D eigenvalue weighted by molar-refractivity contribution is 6.29. The number of ether oxygens (including phenoxy) is 1. The van der Waals surface area contributed by atoms with E-state index < -0.39 is 5.60 Å². The molecule has 0 spiro atoms. The van der Waals surface area contributed by atoms with Crippen molar-refractivity contribution < 1.29 is 9.84 Å². The van der Waals surface area contributed by atoms with Crippen LogP contribution in [0.4, 0.5) is 5.82 Å². The lowest BCUT2D eigenvalue weighted by atomic mass is 10.1. The highest BCUT2D eigenvalue weighted by Gasteiger charge is 2.25. The first kappa shape index (κ1) is 15.4. The highest BCUT2D eigenvalue weighted by atomic mass is 35.5. The third-order valence-electron chi connectivity index (χ3n) is 3.12. The second-order valence-electron chi connectivity index (χ2n) is 5.36. The second kappa shape index (κ2) is 6.67. The third-order valence-corrected chi connectivity index (χ3v) is 3.32. The Morgan fingerprint density at radius 3 is 2.80 bits per heavy atom. The maximum Gasteiger partial charge on any atom is 0.134 e. The molecule has 2 N–H and O–H groups in total. The number of aliphatic hydroxyl groups is 1. The number of nitrogens with zero attached hydrogens (tertiary/aromatic N) is 3. The largest absolute Gasteiger partial charge is 0.387 e. The number of anilines is 1. The Balaban J connectivity index is 1.87. The first-order chi connectivity index (χ1) is 9.44. The fourth-order valence-corrected chi connectivity index (χ4v) is 2.43. The molecule has 1 aromatic rings. The Labute approximate surface area is 124 Å². The van der Waals surface area contributed by atoms with E-state index in [2.05, 4.69) is 20.2 Å². The zero-order valence-corrected chi connectivity index (χ0v) is 12.7. The van der Waals surface area contributed by atoms with Crippen LogP contribution < -0.4 is 5.32 Å². The van der Waals surface area contributed by atoms with Crippen LogP contribution in [0.15, 0.2) is 6.07 Å². The van der Waals surface area contributed by atoms with Crippen LogP contribution in [0.2, 0.25) is 5.15 Å². The minimum Gasteiger partial charge on any atom is -0.387 e. The van der Waals surface area contributed by atoms with Crippen molar-refractivity contribution in [1.29, 1.82) is 0 Å². The summed E-state index contributed by atoms with van der Waals surface area (Å²) in [5.41, 5.74) is -0.845. The van der Waals surface area contributed by atoms with Crippen molar-refractivity contribution in [2.24, 2.45) is 0 Å². The monoisotopic (exact) mass is 300 g/mol. The zero-order chi connectivity index (χ0) is 14.6. The van der Waals surface area contributed by atoms with Crippen LogP contribution in [-0.2, 0) is 4.74 Å². The van der Waals surface area contributed by atoms with Crippen LogP contribution in [0.3, 0.4) is 0 Å². The van der Waals surface area contributed by atoms with Gasteiger partial charge in [0.25, 0.3) is 0 Å². The van der Waals surface area contributed by atoms with Crippen LogP contribution in [0, 0.1) is 6.92 Å². The van der Waals surface area contributed by atoms with Gasteiger partial charge >= 0.3 is 0 Å². The fourth-order valence-electron chi connectivity index (χ4n) is 2.20. The Morgan fingerprint density at radius 2 is 2.15 bits per heavy atom. The molecule has 0 saturated carbocycles. The Hall–Kier alpha value is -0.950. The van der Waals surface area contributed by atoms with E-state index in [1.807, 2.05) is 6.92 Å². The number of morpholine rings is 1. The number of rotatable bonds is 5. The minimum absolute atomic E-state index is 0.396. The molecule has 6 nitrogen and oxygen atoms in total. The summed E-state index contributed by atoms with van der Waals surface area (Å²) >= 11 is 5.88. The van der Waals surface area contributed by atoms with Gasteiger partial charge in [-0.1, -0.05) is 11.6 Å². The van der Waals surface area contributed by atoms with E-state index in [1.165, 1.54) is 0 Å². The zero-order valence-electron chi connectivity index (χ0n) is 11.9. The average molecular weight is 301 g/mol. The molecule has 1 saturated heterocycles. The van der Waals surface area contributed by atoms with Crippen LogP contribution in [-0.4, -0.2) is 65.0 Å². The van der Waals surface area contributed by atoms with Crippen molar-refractivity contribution in [2.45, 2.75) is 19.4 Å². The number of β-amino-alcohol motifs (C(OH)–C–C–N with tert-alkyl or cyclic N) is 1. The van der Waals surface area contributed by atoms with E-state index in [0.717, 1.165) is 26.3 Å². The molecule has 1 aliphatic rings. The van der Waals surface area contributed by atoms with Gasteiger partial charge in [-0.3, -0.25) is 4.90 Å².